The van der Waals surface area contributed by atoms with Gasteiger partial charge in [0.25, 0.3) is 0 Å². The van der Waals surface area contributed by atoms with Gasteiger partial charge in [-0.15, -0.1) is 6.58 Å². The number of para-hydroxylation sites is 1. The Morgan fingerprint density at radius 2 is 2.16 bits per heavy atom. The lowest BCUT2D eigenvalue weighted by Crippen LogP contribution is -2.38. The Bertz CT molecular complexity index is 416. The van der Waals surface area contributed by atoms with Crippen molar-refractivity contribution in [3.63, 3.8) is 0 Å². The van der Waals surface area contributed by atoms with E-state index in [1.165, 1.54) is 5.56 Å². The molecule has 0 aromatic heterocycles. The molecule has 0 aliphatic heterocycles. The Morgan fingerprint density at radius 1 is 1.37 bits per heavy atom. The summed E-state index contributed by atoms with van der Waals surface area (Å²) in [5.41, 5.74) is 1.17. The van der Waals surface area contributed by atoms with Crippen molar-refractivity contribution >= 4 is 5.96 Å². The summed E-state index contributed by atoms with van der Waals surface area (Å²) in [5, 5.41) is 6.33. The highest BCUT2D eigenvalue weighted by atomic mass is 16.5. The van der Waals surface area contributed by atoms with E-state index in [0.29, 0.717) is 13.2 Å². The van der Waals surface area contributed by atoms with Crippen molar-refractivity contribution in [2.75, 3.05) is 26.7 Å². The van der Waals surface area contributed by atoms with E-state index in [2.05, 4.69) is 35.2 Å². The third-order valence-corrected chi connectivity index (χ3v) is 2.60. The van der Waals surface area contributed by atoms with Crippen molar-refractivity contribution < 1.29 is 4.74 Å². The van der Waals surface area contributed by atoms with Crippen molar-refractivity contribution in [3.05, 3.63) is 42.5 Å². The van der Waals surface area contributed by atoms with Gasteiger partial charge in [0.2, 0.25) is 0 Å². The van der Waals surface area contributed by atoms with Gasteiger partial charge in [-0.05, 0) is 25.0 Å². The lowest BCUT2D eigenvalue weighted by molar-refractivity contribution is 0.309. The van der Waals surface area contributed by atoms with E-state index in [1.807, 2.05) is 18.2 Å². The fourth-order valence-corrected chi connectivity index (χ4v) is 1.57. The fraction of sp³-hybridized carbons (Fsp3) is 0.400. The number of nitrogens with one attached hydrogen (secondary N) is 2. The molecule has 0 fully saturated rings. The molecule has 104 valence electrons. The molecule has 0 saturated heterocycles. The van der Waals surface area contributed by atoms with Gasteiger partial charge in [0.05, 0.1) is 6.61 Å². The van der Waals surface area contributed by atoms with Crippen LogP contribution in [0.5, 0.6) is 5.75 Å². The van der Waals surface area contributed by atoms with Crippen LogP contribution in [0.1, 0.15) is 12.0 Å². The van der Waals surface area contributed by atoms with E-state index in [9.17, 15) is 0 Å². The van der Waals surface area contributed by atoms with Crippen molar-refractivity contribution in [2.45, 2.75) is 13.3 Å². The van der Waals surface area contributed by atoms with Crippen LogP contribution in [0, 0.1) is 6.92 Å². The van der Waals surface area contributed by atoms with Crippen LogP contribution in [0.2, 0.25) is 0 Å². The first-order valence-corrected chi connectivity index (χ1v) is 6.51. The third kappa shape index (κ3) is 5.95. The van der Waals surface area contributed by atoms with Gasteiger partial charge in [-0.3, -0.25) is 4.99 Å². The Hall–Kier alpha value is -1.97. The number of aliphatic imine (C=N–C) groups is 1. The second kappa shape index (κ2) is 9.03. The molecule has 2 N–H and O–H groups in total. The van der Waals surface area contributed by atoms with Crippen LogP contribution >= 0.6 is 0 Å². The molecule has 0 unspecified atom stereocenters. The maximum atomic E-state index is 5.72. The predicted octanol–water partition coefficient (Wildman–Crippen LogP) is 2.11. The molecule has 0 heterocycles. The van der Waals surface area contributed by atoms with Gasteiger partial charge >= 0.3 is 0 Å². The molecule has 0 saturated carbocycles. The van der Waals surface area contributed by atoms with Crippen molar-refractivity contribution in [1.82, 2.24) is 10.6 Å². The second-order valence-electron chi connectivity index (χ2n) is 4.14. The molecule has 1 aromatic carbocycles. The molecule has 19 heavy (non-hydrogen) atoms. The van der Waals surface area contributed by atoms with Crippen LogP contribution in [0.4, 0.5) is 0 Å². The van der Waals surface area contributed by atoms with Crippen molar-refractivity contribution in [2.24, 2.45) is 4.99 Å². The van der Waals surface area contributed by atoms with Crippen LogP contribution < -0.4 is 15.4 Å². The van der Waals surface area contributed by atoms with Crippen LogP contribution in [-0.4, -0.2) is 32.7 Å². The molecule has 4 heteroatoms. The molecule has 1 rings (SSSR count). The maximum absolute atomic E-state index is 5.72. The average molecular weight is 261 g/mol. The number of rotatable bonds is 7. The summed E-state index contributed by atoms with van der Waals surface area (Å²) < 4.78 is 5.72. The Labute approximate surface area is 115 Å². The summed E-state index contributed by atoms with van der Waals surface area (Å²) in [5.74, 6) is 1.74. The summed E-state index contributed by atoms with van der Waals surface area (Å²) in [4.78, 5) is 4.10. The number of guanidine groups is 1. The molecule has 0 spiro atoms. The Morgan fingerprint density at radius 3 is 2.84 bits per heavy atom. The molecule has 0 amide bonds. The first-order chi connectivity index (χ1) is 9.27. The largest absolute Gasteiger partial charge is 0.493 e. The number of nitrogens with zero attached hydrogens (tertiary/aromatic N) is 1. The first kappa shape index (κ1) is 15.1. The maximum Gasteiger partial charge on any atom is 0.191 e. The first-order valence-electron chi connectivity index (χ1n) is 6.51. The minimum atomic E-state index is 0.691. The zero-order chi connectivity index (χ0) is 13.9. The van der Waals surface area contributed by atoms with Gasteiger partial charge in [0.15, 0.2) is 5.96 Å². The smallest absolute Gasteiger partial charge is 0.191 e. The molecular formula is C15H23N3O. The van der Waals surface area contributed by atoms with E-state index in [-0.39, 0.29) is 0 Å². The van der Waals surface area contributed by atoms with E-state index in [0.717, 1.165) is 24.7 Å². The molecule has 4 nitrogen and oxygen atoms in total. The van der Waals surface area contributed by atoms with Crippen LogP contribution in [-0.2, 0) is 0 Å². The average Bonchev–Trinajstić information content (AvgIpc) is 2.43. The summed E-state index contributed by atoms with van der Waals surface area (Å²) in [7, 11) is 1.75. The van der Waals surface area contributed by atoms with Crippen LogP contribution in [0.25, 0.3) is 0 Å². The summed E-state index contributed by atoms with van der Waals surface area (Å²) >= 11 is 0. The standard InChI is InChI=1S/C15H23N3O/c1-4-10-17-15(16-3)18-11-7-12-19-14-9-6-5-8-13(14)2/h4-6,8-9H,1,7,10-12H2,2-3H3,(H2,16,17,18). The SMILES string of the molecule is C=CCNC(=NC)NCCCOc1ccccc1C. The van der Waals surface area contributed by atoms with Gasteiger partial charge in [0, 0.05) is 20.1 Å². The Balaban J connectivity index is 2.17. The van der Waals surface area contributed by atoms with E-state index < -0.39 is 0 Å². The van der Waals surface area contributed by atoms with E-state index in [4.69, 9.17) is 4.74 Å². The molecule has 0 aliphatic rings. The molecule has 0 atom stereocenters. The zero-order valence-corrected chi connectivity index (χ0v) is 11.8. The molecule has 1 aromatic rings. The van der Waals surface area contributed by atoms with E-state index in [1.54, 1.807) is 13.1 Å². The summed E-state index contributed by atoms with van der Waals surface area (Å²) in [6.45, 7) is 7.92. The zero-order valence-electron chi connectivity index (χ0n) is 11.8. The summed E-state index contributed by atoms with van der Waals surface area (Å²) in [6.07, 6.45) is 2.72. The lowest BCUT2D eigenvalue weighted by atomic mass is 10.2. The highest BCUT2D eigenvalue weighted by Crippen LogP contribution is 2.15. The molecule has 0 bridgehead atoms. The predicted molar refractivity (Wildman–Crippen MR) is 80.9 cm³/mol. The van der Waals surface area contributed by atoms with E-state index >= 15 is 0 Å². The number of hydrogen-bond donors (Lipinski definition) is 2. The number of aryl methyl sites for hydroxylation is 1. The quantitative estimate of drug-likeness (QED) is 0.342. The van der Waals surface area contributed by atoms with Crippen molar-refractivity contribution in [3.8, 4) is 5.75 Å². The number of benzene rings is 1. The topological polar surface area (TPSA) is 45.7 Å². The highest BCUT2D eigenvalue weighted by molar-refractivity contribution is 5.79. The van der Waals surface area contributed by atoms with Gasteiger partial charge in [-0.1, -0.05) is 24.3 Å². The van der Waals surface area contributed by atoms with Gasteiger partial charge in [-0.2, -0.15) is 0 Å². The third-order valence-electron chi connectivity index (χ3n) is 2.60. The number of hydrogen-bond acceptors (Lipinski definition) is 2. The molecule has 0 radical (unpaired) electrons. The fourth-order valence-electron chi connectivity index (χ4n) is 1.57. The summed E-state index contributed by atoms with van der Waals surface area (Å²) in [6, 6.07) is 8.04. The second-order valence-corrected chi connectivity index (χ2v) is 4.14. The van der Waals surface area contributed by atoms with Crippen molar-refractivity contribution in [1.29, 1.82) is 0 Å². The normalized spacial score (nSPS) is 10.9. The minimum Gasteiger partial charge on any atom is -0.493 e. The number of ether oxygens (including phenoxy) is 1. The van der Waals surface area contributed by atoms with Gasteiger partial charge < -0.3 is 15.4 Å². The van der Waals surface area contributed by atoms with Crippen LogP contribution in [0.15, 0.2) is 41.9 Å². The van der Waals surface area contributed by atoms with Crippen LogP contribution in [0.3, 0.4) is 0 Å². The van der Waals surface area contributed by atoms with Gasteiger partial charge in [0.1, 0.15) is 5.75 Å². The molecular weight excluding hydrogens is 238 g/mol. The lowest BCUT2D eigenvalue weighted by Gasteiger charge is -2.11. The highest BCUT2D eigenvalue weighted by Gasteiger charge is 1.98. The minimum absolute atomic E-state index is 0.691. The van der Waals surface area contributed by atoms with Gasteiger partial charge in [-0.25, -0.2) is 0 Å². The Kier molecular flexibility index (Phi) is 7.17. The molecule has 0 aliphatic carbocycles. The monoisotopic (exact) mass is 261 g/mol.